The van der Waals surface area contributed by atoms with E-state index >= 15 is 0 Å². The number of hydrogen-bond acceptors (Lipinski definition) is 6. The Balaban J connectivity index is 1.96. The minimum Gasteiger partial charge on any atom is -0.463 e. The zero-order valence-corrected chi connectivity index (χ0v) is 11.9. The van der Waals surface area contributed by atoms with Gasteiger partial charge < -0.3 is 15.4 Å². The number of hydrogen-bond donors (Lipinski definition) is 2. The minimum atomic E-state index is 0.378. The summed E-state index contributed by atoms with van der Waals surface area (Å²) >= 11 is 0. The summed E-state index contributed by atoms with van der Waals surface area (Å²) in [6.07, 6.45) is 3.64. The summed E-state index contributed by atoms with van der Waals surface area (Å²) in [6, 6.07) is 0.378. The van der Waals surface area contributed by atoms with Crippen LogP contribution in [0.25, 0.3) is 0 Å². The van der Waals surface area contributed by atoms with Crippen LogP contribution in [0.3, 0.4) is 0 Å². The van der Waals surface area contributed by atoms with Crippen LogP contribution in [0.5, 0.6) is 6.01 Å². The molecule has 1 atom stereocenters. The summed E-state index contributed by atoms with van der Waals surface area (Å²) in [5.74, 6) is 2.64. The number of aromatic nitrogens is 3. The molecule has 0 aliphatic heterocycles. The average Bonchev–Trinajstić information content (AvgIpc) is 3.26. The molecular formula is C13H23N5O. The molecule has 0 spiro atoms. The summed E-state index contributed by atoms with van der Waals surface area (Å²) in [4.78, 5) is 12.7. The van der Waals surface area contributed by atoms with Gasteiger partial charge in [0, 0.05) is 13.6 Å². The Hall–Kier alpha value is -1.59. The van der Waals surface area contributed by atoms with E-state index in [2.05, 4.69) is 39.4 Å². The second-order valence-corrected chi connectivity index (χ2v) is 5.06. The molecule has 1 saturated carbocycles. The van der Waals surface area contributed by atoms with Crippen LogP contribution in [0.1, 0.15) is 33.1 Å². The molecule has 0 amide bonds. The zero-order chi connectivity index (χ0) is 13.7. The molecule has 6 nitrogen and oxygen atoms in total. The van der Waals surface area contributed by atoms with E-state index in [4.69, 9.17) is 4.74 Å². The van der Waals surface area contributed by atoms with Crippen molar-refractivity contribution < 1.29 is 4.74 Å². The Bertz CT molecular complexity index is 408. The van der Waals surface area contributed by atoms with Crippen molar-refractivity contribution in [2.24, 2.45) is 11.8 Å². The van der Waals surface area contributed by atoms with Crippen LogP contribution < -0.4 is 15.4 Å². The summed E-state index contributed by atoms with van der Waals surface area (Å²) in [6.45, 7) is 5.83. The standard InChI is InChI=1S/C13H23N5O/c1-4-7-19-13-17-11(14-3)16-12(18-13)15-8-9(2)10-5-6-10/h9-10H,4-8H2,1-3H3,(H2,14,15,16,17,18). The fourth-order valence-electron chi connectivity index (χ4n) is 1.89. The third-order valence-electron chi connectivity index (χ3n) is 3.28. The molecule has 106 valence electrons. The average molecular weight is 265 g/mol. The lowest BCUT2D eigenvalue weighted by molar-refractivity contribution is 0.292. The second kappa shape index (κ2) is 6.54. The van der Waals surface area contributed by atoms with Crippen molar-refractivity contribution in [1.29, 1.82) is 0 Å². The van der Waals surface area contributed by atoms with Crippen LogP contribution in [-0.4, -0.2) is 35.2 Å². The van der Waals surface area contributed by atoms with Gasteiger partial charge >= 0.3 is 6.01 Å². The van der Waals surface area contributed by atoms with E-state index in [0.29, 0.717) is 30.4 Å². The van der Waals surface area contributed by atoms with E-state index in [1.165, 1.54) is 12.8 Å². The Morgan fingerprint density at radius 2 is 2.00 bits per heavy atom. The monoisotopic (exact) mass is 265 g/mol. The molecule has 0 bridgehead atoms. The molecule has 1 heterocycles. The molecule has 1 aromatic heterocycles. The molecule has 6 heteroatoms. The third-order valence-corrected chi connectivity index (χ3v) is 3.28. The first-order chi connectivity index (χ1) is 9.22. The smallest absolute Gasteiger partial charge is 0.323 e. The quantitative estimate of drug-likeness (QED) is 0.750. The van der Waals surface area contributed by atoms with E-state index in [1.807, 2.05) is 0 Å². The SMILES string of the molecule is CCCOc1nc(NC)nc(NCC(C)C2CC2)n1. The highest BCUT2D eigenvalue weighted by Gasteiger charge is 2.27. The van der Waals surface area contributed by atoms with Crippen LogP contribution in [0.2, 0.25) is 0 Å². The molecular weight excluding hydrogens is 242 g/mol. The predicted molar refractivity (Wildman–Crippen MR) is 75.5 cm³/mol. The molecule has 1 aliphatic rings. The van der Waals surface area contributed by atoms with E-state index in [9.17, 15) is 0 Å². The van der Waals surface area contributed by atoms with Crippen molar-refractivity contribution in [3.8, 4) is 6.01 Å². The molecule has 2 N–H and O–H groups in total. The van der Waals surface area contributed by atoms with Crippen molar-refractivity contribution in [1.82, 2.24) is 15.0 Å². The van der Waals surface area contributed by atoms with Gasteiger partial charge in [0.1, 0.15) is 0 Å². The van der Waals surface area contributed by atoms with Crippen LogP contribution in [0.15, 0.2) is 0 Å². The highest BCUT2D eigenvalue weighted by Crippen LogP contribution is 2.36. The number of nitrogens with one attached hydrogen (secondary N) is 2. The third kappa shape index (κ3) is 4.22. The maximum atomic E-state index is 5.46. The maximum Gasteiger partial charge on any atom is 0.323 e. The Labute approximate surface area is 114 Å². The van der Waals surface area contributed by atoms with Crippen molar-refractivity contribution in [2.75, 3.05) is 30.8 Å². The van der Waals surface area contributed by atoms with Gasteiger partial charge in [-0.3, -0.25) is 0 Å². The van der Waals surface area contributed by atoms with Gasteiger partial charge in [0.2, 0.25) is 11.9 Å². The lowest BCUT2D eigenvalue weighted by Crippen LogP contribution is -2.16. The van der Waals surface area contributed by atoms with Crippen molar-refractivity contribution in [3.63, 3.8) is 0 Å². The van der Waals surface area contributed by atoms with E-state index < -0.39 is 0 Å². The van der Waals surface area contributed by atoms with Gasteiger partial charge in [-0.05, 0) is 31.1 Å². The fraction of sp³-hybridized carbons (Fsp3) is 0.769. The van der Waals surface area contributed by atoms with Gasteiger partial charge in [-0.1, -0.05) is 13.8 Å². The number of rotatable bonds is 8. The molecule has 0 radical (unpaired) electrons. The highest BCUT2D eigenvalue weighted by molar-refractivity contribution is 5.35. The predicted octanol–water partition coefficient (Wildman–Crippen LogP) is 2.16. The number of anilines is 2. The molecule has 1 fully saturated rings. The Morgan fingerprint density at radius 1 is 1.26 bits per heavy atom. The Morgan fingerprint density at radius 3 is 2.63 bits per heavy atom. The molecule has 2 rings (SSSR count). The van der Waals surface area contributed by atoms with Gasteiger partial charge in [-0.2, -0.15) is 15.0 Å². The molecule has 1 unspecified atom stereocenters. The van der Waals surface area contributed by atoms with Crippen molar-refractivity contribution in [3.05, 3.63) is 0 Å². The van der Waals surface area contributed by atoms with Crippen LogP contribution in [0.4, 0.5) is 11.9 Å². The van der Waals surface area contributed by atoms with Gasteiger partial charge in [-0.15, -0.1) is 0 Å². The lowest BCUT2D eigenvalue weighted by Gasteiger charge is -2.12. The van der Waals surface area contributed by atoms with E-state index in [-0.39, 0.29) is 0 Å². The first-order valence-electron chi connectivity index (χ1n) is 7.03. The normalized spacial score (nSPS) is 15.9. The number of ether oxygens (including phenoxy) is 1. The van der Waals surface area contributed by atoms with Crippen LogP contribution in [-0.2, 0) is 0 Å². The molecule has 0 saturated heterocycles. The van der Waals surface area contributed by atoms with E-state index in [1.54, 1.807) is 7.05 Å². The topological polar surface area (TPSA) is 72.0 Å². The fourth-order valence-corrected chi connectivity index (χ4v) is 1.89. The largest absolute Gasteiger partial charge is 0.463 e. The van der Waals surface area contributed by atoms with Crippen molar-refractivity contribution in [2.45, 2.75) is 33.1 Å². The number of nitrogens with zero attached hydrogens (tertiary/aromatic N) is 3. The van der Waals surface area contributed by atoms with Gasteiger partial charge in [-0.25, -0.2) is 0 Å². The molecule has 0 aromatic carbocycles. The minimum absolute atomic E-state index is 0.378. The van der Waals surface area contributed by atoms with Crippen LogP contribution in [0, 0.1) is 11.8 Å². The molecule has 19 heavy (non-hydrogen) atoms. The van der Waals surface area contributed by atoms with E-state index in [0.717, 1.165) is 18.9 Å². The summed E-state index contributed by atoms with van der Waals surface area (Å²) in [5, 5.41) is 6.20. The van der Waals surface area contributed by atoms with Crippen LogP contribution >= 0.6 is 0 Å². The van der Waals surface area contributed by atoms with Gasteiger partial charge in [0.15, 0.2) is 0 Å². The lowest BCUT2D eigenvalue weighted by atomic mass is 10.1. The second-order valence-electron chi connectivity index (χ2n) is 5.06. The van der Waals surface area contributed by atoms with Gasteiger partial charge in [0.05, 0.1) is 6.61 Å². The summed E-state index contributed by atoms with van der Waals surface area (Å²) in [5.41, 5.74) is 0. The highest BCUT2D eigenvalue weighted by atomic mass is 16.5. The van der Waals surface area contributed by atoms with Gasteiger partial charge in [0.25, 0.3) is 0 Å². The maximum absolute atomic E-state index is 5.46. The molecule has 1 aromatic rings. The Kier molecular flexibility index (Phi) is 4.76. The summed E-state index contributed by atoms with van der Waals surface area (Å²) in [7, 11) is 1.79. The first kappa shape index (κ1) is 13.8. The molecule has 1 aliphatic carbocycles. The zero-order valence-electron chi connectivity index (χ0n) is 11.9. The first-order valence-corrected chi connectivity index (χ1v) is 7.03. The summed E-state index contributed by atoms with van der Waals surface area (Å²) < 4.78 is 5.46. The van der Waals surface area contributed by atoms with Crippen molar-refractivity contribution >= 4 is 11.9 Å².